The molecule has 0 spiro atoms. The Morgan fingerprint density at radius 1 is 0.212 bits per heavy atom. The molecule has 4 aromatic rings. The van der Waals surface area contributed by atoms with Crippen LogP contribution in [0, 0.1) is 0 Å². The minimum atomic E-state index is -1.52. The molecular weight excluding hydrogens is 1580 g/mol. The molecular formula is C68H100O30Ti6. The minimum Gasteiger partial charge on any atom is -2.00 e. The van der Waals surface area contributed by atoms with Gasteiger partial charge in [-0.1, -0.05) is 223 Å². The molecule has 0 saturated heterocycles. The average Bonchev–Trinajstić information content (AvgIpc) is 0.882. The van der Waals surface area contributed by atoms with Crippen LogP contribution in [0.1, 0.15) is 249 Å². The zero-order chi connectivity index (χ0) is 76.9. The molecule has 0 fully saturated rings. The molecule has 576 valence electrons. The van der Waals surface area contributed by atoms with Crippen molar-refractivity contribution < 1.29 is 282 Å². The molecule has 0 unspecified atom stereocenters. The van der Waals surface area contributed by atoms with Crippen LogP contribution in [0.15, 0.2) is 97.1 Å². The first-order valence-electron chi connectivity index (χ1n) is 29.3. The molecule has 0 amide bonds. The summed E-state index contributed by atoms with van der Waals surface area (Å²) in [5.74, 6) is -10.1. The summed E-state index contributed by atoms with van der Waals surface area (Å²) in [6.07, 6.45) is -4.74. The molecule has 0 radical (unpaired) electrons. The van der Waals surface area contributed by atoms with Gasteiger partial charge in [-0.3, -0.25) is 0 Å². The van der Waals surface area contributed by atoms with E-state index in [1.807, 2.05) is 0 Å². The summed E-state index contributed by atoms with van der Waals surface area (Å²) in [5, 5.41) is 158. The standard InChI is InChI=1S/2C11H12O4.2C8H6O4.10C3H7O.4O.6Ti/c2*1-7(2)15-11(14)9-6-4-3-5-8(9)10(12)13;2*9-7(10)5-3-1-2-4-6(5)8(11)12;10*1-3(2)4;;;;;;;;;;/h2*3-7H,1-2H3,(H,12,13);2*1-4H,(H,9,10)(H,11,12);10*3H,1-2H3;;;;;;;;;;/q;;;;10*-1;4*-2;6*+4/p-6. The topological polar surface area (TPSA) is 638 Å². The summed E-state index contributed by atoms with van der Waals surface area (Å²) in [6.45, 7) is 39.0. The van der Waals surface area contributed by atoms with E-state index in [4.69, 9.17) is 9.47 Å². The second-order valence-electron chi connectivity index (χ2n) is 21.3. The van der Waals surface area contributed by atoms with Gasteiger partial charge in [0.25, 0.3) is 0 Å². The van der Waals surface area contributed by atoms with Crippen LogP contribution in [-0.4, -0.2) is 121 Å². The quantitative estimate of drug-likeness (QED) is 0.106. The first-order valence-corrected chi connectivity index (χ1v) is 29.3. The zero-order valence-corrected chi connectivity index (χ0v) is 72.8. The Morgan fingerprint density at radius 2 is 0.288 bits per heavy atom. The Bertz CT molecular complexity index is 2240. The summed E-state index contributed by atoms with van der Waals surface area (Å²) >= 11 is 0. The van der Waals surface area contributed by atoms with E-state index in [1.54, 1.807) is 178 Å². The van der Waals surface area contributed by atoms with Crippen molar-refractivity contribution in [2.24, 2.45) is 0 Å². The van der Waals surface area contributed by atoms with Crippen molar-refractivity contribution in [2.45, 2.75) is 239 Å². The van der Waals surface area contributed by atoms with Crippen LogP contribution in [0.5, 0.6) is 0 Å². The molecule has 0 aliphatic rings. The van der Waals surface area contributed by atoms with E-state index in [-0.39, 0.29) is 209 Å². The fourth-order valence-electron chi connectivity index (χ4n) is 3.91. The molecule has 0 heterocycles. The van der Waals surface area contributed by atoms with Gasteiger partial charge in [-0.15, -0.1) is 61.0 Å². The number of aromatic carboxylic acids is 6. The van der Waals surface area contributed by atoms with Gasteiger partial charge in [-0.2, -0.15) is 0 Å². The SMILES string of the molecule is CC(C)OC(=O)c1ccccc1C(=O)[O-].CC(C)OC(=O)c1ccccc1C(=O)[O-].CC(C)[O-].CC(C)[O-].CC(C)[O-].CC(C)[O-].CC(C)[O-].CC(C)[O-].CC(C)[O-].CC(C)[O-].CC(C)[O-].CC(C)[O-].O=C([O-])c1ccccc1C(=O)[O-].O=C([O-])c1ccccc1C(=O)[O-].[O-2].[O-2].[O-2].[O-2].[Ti+4].[Ti+4].[Ti+4].[Ti+4].[Ti+4].[Ti+4]. The Hall–Kier alpha value is -3.63. The molecule has 0 atom stereocenters. The number of benzene rings is 4. The van der Waals surface area contributed by atoms with E-state index in [0.29, 0.717) is 0 Å². The summed E-state index contributed by atoms with van der Waals surface area (Å²) in [5.41, 5.74) is -1.71. The first-order chi connectivity index (χ1) is 42.6. The van der Waals surface area contributed by atoms with Gasteiger partial charge >= 0.3 is 142 Å². The van der Waals surface area contributed by atoms with Crippen molar-refractivity contribution in [1.29, 1.82) is 0 Å². The molecule has 4 aromatic carbocycles. The number of hydrogen-bond acceptors (Lipinski definition) is 26. The van der Waals surface area contributed by atoms with Gasteiger partial charge in [0, 0.05) is 33.4 Å². The molecule has 0 aliphatic heterocycles. The Labute approximate surface area is 704 Å². The average molecular weight is 1680 g/mol. The maximum absolute atomic E-state index is 11.5. The number of ether oxygens (including phenoxy) is 2. The molecule has 104 heavy (non-hydrogen) atoms. The molecule has 0 aliphatic carbocycles. The molecule has 4 rings (SSSR count). The second-order valence-corrected chi connectivity index (χ2v) is 21.3. The number of carbonyl (C=O) groups is 8. The molecule has 0 N–H and O–H groups in total. The number of hydrogen-bond donors (Lipinski definition) is 0. The van der Waals surface area contributed by atoms with Crippen LogP contribution in [0.25, 0.3) is 0 Å². The third-order valence-electron chi connectivity index (χ3n) is 6.15. The van der Waals surface area contributed by atoms with Crippen LogP contribution >= 0.6 is 0 Å². The van der Waals surface area contributed by atoms with E-state index in [0.717, 1.165) is 24.3 Å². The molecule has 36 heteroatoms. The smallest absolute Gasteiger partial charge is 2.00 e. The zero-order valence-electron chi connectivity index (χ0n) is 63.4. The summed E-state index contributed by atoms with van der Waals surface area (Å²) < 4.78 is 9.79. The number of rotatable bonds is 10. The monoisotopic (exact) mass is 1680 g/mol. The van der Waals surface area contributed by atoms with Gasteiger partial charge in [0.05, 0.1) is 59.2 Å². The number of esters is 2. The van der Waals surface area contributed by atoms with Crippen LogP contribution in [0.3, 0.4) is 0 Å². The summed E-state index contributed by atoms with van der Waals surface area (Å²) in [7, 11) is 0. The second kappa shape index (κ2) is 99.4. The predicted octanol–water partition coefficient (Wildman–Crippen LogP) is -4.88. The fourth-order valence-corrected chi connectivity index (χ4v) is 3.91. The largest absolute Gasteiger partial charge is 4.00 e. The van der Waals surface area contributed by atoms with E-state index in [1.165, 1.54) is 60.7 Å². The van der Waals surface area contributed by atoms with Crippen molar-refractivity contribution in [1.82, 2.24) is 0 Å². The van der Waals surface area contributed by atoms with Crippen molar-refractivity contribution >= 4 is 47.8 Å². The molecule has 30 nitrogen and oxygen atoms in total. The van der Waals surface area contributed by atoms with Gasteiger partial charge < -0.3 is 142 Å². The fraction of sp³-hybridized carbons (Fsp3) is 0.529. The number of carboxylic acid groups (broad SMARTS) is 6. The summed E-state index contributed by atoms with van der Waals surface area (Å²) in [4.78, 5) is 85.6. The van der Waals surface area contributed by atoms with Crippen LogP contribution in [-0.2, 0) is 162 Å². The van der Waals surface area contributed by atoms with E-state index in [2.05, 4.69) is 0 Å². The van der Waals surface area contributed by atoms with Gasteiger partial charge in [-0.25, -0.2) is 9.59 Å². The van der Waals surface area contributed by atoms with Crippen molar-refractivity contribution in [3.8, 4) is 0 Å². The van der Waals surface area contributed by atoms with Gasteiger partial charge in [0.1, 0.15) is 0 Å². The first kappa shape index (κ1) is 153. The maximum atomic E-state index is 11.5. The molecule has 0 saturated carbocycles. The van der Waals surface area contributed by atoms with Crippen LogP contribution < -0.4 is 81.7 Å². The number of carbonyl (C=O) groups excluding carboxylic acids is 8. The van der Waals surface area contributed by atoms with Crippen LogP contribution in [0.2, 0.25) is 0 Å². The summed E-state index contributed by atoms with van der Waals surface area (Å²) in [6, 6.07) is 21.9. The predicted molar refractivity (Wildman–Crippen MR) is 327 cm³/mol. The van der Waals surface area contributed by atoms with E-state index >= 15 is 0 Å². The van der Waals surface area contributed by atoms with Gasteiger partial charge in [0.15, 0.2) is 0 Å². The maximum Gasteiger partial charge on any atom is 4.00 e. The Morgan fingerprint density at radius 3 is 0.365 bits per heavy atom. The third-order valence-corrected chi connectivity index (χ3v) is 6.15. The van der Waals surface area contributed by atoms with Crippen molar-refractivity contribution in [3.05, 3.63) is 142 Å². The van der Waals surface area contributed by atoms with Gasteiger partial charge in [-0.05, 0) is 39.8 Å². The third kappa shape index (κ3) is 144. The Kier molecular flexibility index (Phi) is 147. The van der Waals surface area contributed by atoms with Gasteiger partial charge in [0.2, 0.25) is 0 Å². The molecule has 0 bridgehead atoms. The van der Waals surface area contributed by atoms with E-state index in [9.17, 15) is 120 Å². The van der Waals surface area contributed by atoms with Crippen LogP contribution in [0.4, 0.5) is 0 Å². The minimum absolute atomic E-state index is 0. The Balaban J connectivity index is -0.0000000419. The van der Waals surface area contributed by atoms with Crippen molar-refractivity contribution in [3.63, 3.8) is 0 Å². The number of carboxylic acids is 6. The molecule has 0 aromatic heterocycles. The van der Waals surface area contributed by atoms with E-state index < -0.39 is 109 Å². The normalized spacial score (nSPS) is 8.52. The van der Waals surface area contributed by atoms with Crippen molar-refractivity contribution in [2.75, 3.05) is 0 Å².